The van der Waals surface area contributed by atoms with E-state index in [4.69, 9.17) is 0 Å². The monoisotopic (exact) mass is 349 g/mol. The van der Waals surface area contributed by atoms with E-state index >= 15 is 0 Å². The van der Waals surface area contributed by atoms with Crippen molar-refractivity contribution in [3.05, 3.63) is 71.4 Å². The molecule has 3 rings (SSSR count). The number of aryl methyl sites for hydroxylation is 1. The minimum atomic E-state index is -0.179. The first kappa shape index (κ1) is 17.7. The maximum atomic E-state index is 11.9. The van der Waals surface area contributed by atoms with Crippen LogP contribution in [0, 0.1) is 6.92 Å². The second kappa shape index (κ2) is 8.34. The topological polar surface area (TPSA) is 74.0 Å². The molecule has 0 aliphatic carbocycles. The Labute approximate surface area is 152 Å². The number of nitrogens with one attached hydrogen (secondary N) is 3. The van der Waals surface area contributed by atoms with Gasteiger partial charge in [0.05, 0.1) is 13.0 Å². The van der Waals surface area contributed by atoms with E-state index in [-0.39, 0.29) is 24.8 Å². The van der Waals surface area contributed by atoms with Crippen LogP contribution in [0.3, 0.4) is 0 Å². The first-order valence-corrected chi connectivity index (χ1v) is 8.76. The average molecular weight is 349 g/mol. The van der Waals surface area contributed by atoms with Crippen molar-refractivity contribution in [1.29, 1.82) is 0 Å². The Morgan fingerprint density at radius 3 is 2.54 bits per heavy atom. The number of fused-ring (bicyclic) bond motifs is 1. The van der Waals surface area contributed by atoms with E-state index in [1.807, 2.05) is 55.6 Å². The Bertz CT molecular complexity index is 897. The summed E-state index contributed by atoms with van der Waals surface area (Å²) in [4.78, 5) is 27.0. The van der Waals surface area contributed by atoms with Gasteiger partial charge in [-0.05, 0) is 30.5 Å². The van der Waals surface area contributed by atoms with Crippen molar-refractivity contribution in [2.45, 2.75) is 19.8 Å². The van der Waals surface area contributed by atoms with Crippen LogP contribution in [0.15, 0.2) is 54.7 Å². The van der Waals surface area contributed by atoms with Crippen LogP contribution in [-0.4, -0.2) is 29.9 Å². The van der Waals surface area contributed by atoms with Crippen LogP contribution in [0.25, 0.3) is 10.9 Å². The maximum Gasteiger partial charge on any atom is 0.239 e. The predicted molar refractivity (Wildman–Crippen MR) is 103 cm³/mol. The number of hydrogen-bond acceptors (Lipinski definition) is 2. The molecule has 0 unspecified atom stereocenters. The molecular weight excluding hydrogens is 326 g/mol. The van der Waals surface area contributed by atoms with Crippen molar-refractivity contribution in [3.63, 3.8) is 0 Å². The lowest BCUT2D eigenvalue weighted by atomic mass is 10.1. The van der Waals surface area contributed by atoms with Gasteiger partial charge in [0.1, 0.15) is 0 Å². The Morgan fingerprint density at radius 1 is 0.962 bits per heavy atom. The number of amides is 2. The van der Waals surface area contributed by atoms with Gasteiger partial charge in [0.2, 0.25) is 11.8 Å². The average Bonchev–Trinajstić information content (AvgIpc) is 3.05. The molecule has 0 saturated heterocycles. The minimum absolute atomic E-state index is 0.00141. The standard InChI is InChI=1S/C21H23N3O2/c1-15-6-8-16(9-7-15)12-20(25)24-14-21(26)22-11-10-17-13-23-19-5-3-2-4-18(17)19/h2-9,13,23H,10-12,14H2,1H3,(H,22,26)(H,24,25). The molecule has 0 atom stereocenters. The van der Waals surface area contributed by atoms with Gasteiger partial charge >= 0.3 is 0 Å². The first-order valence-electron chi connectivity index (χ1n) is 8.76. The molecule has 0 saturated carbocycles. The van der Waals surface area contributed by atoms with E-state index in [1.165, 1.54) is 10.9 Å². The molecule has 5 nitrogen and oxygen atoms in total. The van der Waals surface area contributed by atoms with Gasteiger partial charge in [-0.2, -0.15) is 0 Å². The molecule has 0 radical (unpaired) electrons. The van der Waals surface area contributed by atoms with Crippen LogP contribution in [0.1, 0.15) is 16.7 Å². The van der Waals surface area contributed by atoms with E-state index in [9.17, 15) is 9.59 Å². The largest absolute Gasteiger partial charge is 0.361 e. The molecule has 3 N–H and O–H groups in total. The molecule has 2 aromatic carbocycles. The number of H-pyrrole nitrogens is 1. The zero-order chi connectivity index (χ0) is 18.4. The van der Waals surface area contributed by atoms with Crippen LogP contribution in [-0.2, 0) is 22.4 Å². The molecule has 26 heavy (non-hydrogen) atoms. The first-order chi connectivity index (χ1) is 12.6. The summed E-state index contributed by atoms with van der Waals surface area (Å²) in [6.07, 6.45) is 3.00. The highest BCUT2D eigenvalue weighted by Crippen LogP contribution is 2.17. The summed E-state index contributed by atoms with van der Waals surface area (Å²) >= 11 is 0. The summed E-state index contributed by atoms with van der Waals surface area (Å²) in [5.74, 6) is -0.331. The van der Waals surface area contributed by atoms with Crippen molar-refractivity contribution >= 4 is 22.7 Å². The maximum absolute atomic E-state index is 11.9. The van der Waals surface area contributed by atoms with Crippen molar-refractivity contribution in [3.8, 4) is 0 Å². The number of hydrogen-bond donors (Lipinski definition) is 3. The number of carbonyl (C=O) groups excluding carboxylic acids is 2. The number of aromatic amines is 1. The summed E-state index contributed by atoms with van der Waals surface area (Å²) in [6.45, 7) is 2.54. The molecular formula is C21H23N3O2. The van der Waals surface area contributed by atoms with Gasteiger partial charge in [0, 0.05) is 23.6 Å². The molecule has 3 aromatic rings. The molecule has 5 heteroatoms. The second-order valence-electron chi connectivity index (χ2n) is 6.40. The lowest BCUT2D eigenvalue weighted by molar-refractivity contribution is -0.125. The molecule has 1 heterocycles. The Morgan fingerprint density at radius 2 is 1.73 bits per heavy atom. The smallest absolute Gasteiger partial charge is 0.239 e. The highest BCUT2D eigenvalue weighted by molar-refractivity contribution is 5.86. The zero-order valence-electron chi connectivity index (χ0n) is 14.8. The van der Waals surface area contributed by atoms with E-state index in [1.54, 1.807) is 0 Å². The SMILES string of the molecule is Cc1ccc(CC(=O)NCC(=O)NCCc2c[nH]c3ccccc23)cc1. The molecule has 0 aliphatic heterocycles. The predicted octanol–water partition coefficient (Wildman–Crippen LogP) is 2.49. The quantitative estimate of drug-likeness (QED) is 0.613. The van der Waals surface area contributed by atoms with Crippen LogP contribution in [0.2, 0.25) is 0 Å². The number of benzene rings is 2. The van der Waals surface area contributed by atoms with Gasteiger partial charge in [-0.15, -0.1) is 0 Å². The van der Waals surface area contributed by atoms with Crippen molar-refractivity contribution in [2.75, 3.05) is 13.1 Å². The van der Waals surface area contributed by atoms with Gasteiger partial charge in [-0.1, -0.05) is 48.0 Å². The highest BCUT2D eigenvalue weighted by atomic mass is 16.2. The molecule has 134 valence electrons. The van der Waals surface area contributed by atoms with Gasteiger partial charge < -0.3 is 15.6 Å². The molecule has 0 spiro atoms. The van der Waals surface area contributed by atoms with Crippen LogP contribution in [0.5, 0.6) is 0 Å². The minimum Gasteiger partial charge on any atom is -0.361 e. The lowest BCUT2D eigenvalue weighted by Gasteiger charge is -2.07. The number of aromatic nitrogens is 1. The van der Waals surface area contributed by atoms with Gasteiger partial charge in [-0.25, -0.2) is 0 Å². The van der Waals surface area contributed by atoms with E-state index < -0.39 is 0 Å². The van der Waals surface area contributed by atoms with Crippen molar-refractivity contribution in [1.82, 2.24) is 15.6 Å². The summed E-state index contributed by atoms with van der Waals surface area (Å²) < 4.78 is 0. The van der Waals surface area contributed by atoms with Crippen LogP contribution < -0.4 is 10.6 Å². The summed E-state index contributed by atoms with van der Waals surface area (Å²) in [5, 5.41) is 6.68. The Kier molecular flexibility index (Phi) is 5.69. The summed E-state index contributed by atoms with van der Waals surface area (Å²) in [5.41, 5.74) is 4.36. The third-order valence-electron chi connectivity index (χ3n) is 4.32. The second-order valence-corrected chi connectivity index (χ2v) is 6.40. The van der Waals surface area contributed by atoms with Gasteiger partial charge in [0.25, 0.3) is 0 Å². The summed E-state index contributed by atoms with van der Waals surface area (Å²) in [7, 11) is 0. The fraction of sp³-hybridized carbons (Fsp3) is 0.238. The fourth-order valence-corrected chi connectivity index (χ4v) is 2.87. The van der Waals surface area contributed by atoms with E-state index in [0.29, 0.717) is 6.54 Å². The third-order valence-corrected chi connectivity index (χ3v) is 4.32. The van der Waals surface area contributed by atoms with Gasteiger partial charge in [-0.3, -0.25) is 9.59 Å². The third kappa shape index (κ3) is 4.72. The van der Waals surface area contributed by atoms with Crippen molar-refractivity contribution < 1.29 is 9.59 Å². The number of para-hydroxylation sites is 1. The molecule has 0 fully saturated rings. The Hall–Kier alpha value is -3.08. The Balaban J connectivity index is 1.38. The number of carbonyl (C=O) groups is 2. The van der Waals surface area contributed by atoms with E-state index in [0.717, 1.165) is 23.1 Å². The van der Waals surface area contributed by atoms with E-state index in [2.05, 4.69) is 21.7 Å². The lowest BCUT2D eigenvalue weighted by Crippen LogP contribution is -2.38. The molecule has 1 aromatic heterocycles. The molecule has 0 bridgehead atoms. The van der Waals surface area contributed by atoms with Crippen LogP contribution >= 0.6 is 0 Å². The molecule has 0 aliphatic rings. The highest BCUT2D eigenvalue weighted by Gasteiger charge is 2.07. The van der Waals surface area contributed by atoms with Gasteiger partial charge in [0.15, 0.2) is 0 Å². The van der Waals surface area contributed by atoms with Crippen molar-refractivity contribution in [2.24, 2.45) is 0 Å². The fourth-order valence-electron chi connectivity index (χ4n) is 2.87. The van der Waals surface area contributed by atoms with Crippen LogP contribution in [0.4, 0.5) is 0 Å². The number of rotatable bonds is 7. The summed E-state index contributed by atoms with van der Waals surface area (Å²) in [6, 6.07) is 15.9. The molecule has 2 amide bonds. The zero-order valence-corrected chi connectivity index (χ0v) is 14.8. The normalized spacial score (nSPS) is 10.7.